The average Bonchev–Trinajstić information content (AvgIpc) is 2.35. The number of rotatable bonds is 6. The first-order valence-electron chi connectivity index (χ1n) is 5.77. The van der Waals surface area contributed by atoms with E-state index in [0.29, 0.717) is 0 Å². The summed E-state index contributed by atoms with van der Waals surface area (Å²) < 4.78 is 0. The summed E-state index contributed by atoms with van der Waals surface area (Å²) in [7, 11) is 0. The van der Waals surface area contributed by atoms with Gasteiger partial charge >= 0.3 is 0 Å². The maximum Gasteiger partial charge on any atom is 0.299 e. The third kappa shape index (κ3) is 4.19. The number of benzene rings is 1. The molecule has 1 rings (SSSR count). The monoisotopic (exact) mass is 282 g/mol. The van der Waals surface area contributed by atoms with Crippen molar-refractivity contribution in [1.82, 2.24) is 5.32 Å². The molecule has 0 saturated carbocycles. The van der Waals surface area contributed by atoms with Gasteiger partial charge in [0.15, 0.2) is 0 Å². The van der Waals surface area contributed by atoms with Gasteiger partial charge in [-0.05, 0) is 19.9 Å². The maximum absolute atomic E-state index is 11.4. The van der Waals surface area contributed by atoms with E-state index in [1.165, 1.54) is 6.07 Å². The van der Waals surface area contributed by atoms with Crippen LogP contribution in [0.5, 0.6) is 0 Å². The lowest BCUT2D eigenvalue weighted by Crippen LogP contribution is -2.34. The number of non-ortho nitro benzene ring substituents is 1. The van der Waals surface area contributed by atoms with Gasteiger partial charge in [-0.1, -0.05) is 0 Å². The number of hydrogen-bond donors (Lipinski definition) is 2. The second-order valence-corrected chi connectivity index (χ2v) is 4.29. The van der Waals surface area contributed by atoms with Crippen LogP contribution in [0.2, 0.25) is 0 Å². The van der Waals surface area contributed by atoms with Crippen LogP contribution < -0.4 is 10.6 Å². The fraction of sp³-hybridized carbons (Fsp3) is 0.364. The summed E-state index contributed by atoms with van der Waals surface area (Å²) in [6.45, 7) is 3.41. The van der Waals surface area contributed by atoms with Crippen molar-refractivity contribution in [2.75, 3.05) is 11.9 Å². The lowest BCUT2D eigenvalue weighted by molar-refractivity contribution is -0.393. The minimum Gasteiger partial charge on any atom is -0.371 e. The van der Waals surface area contributed by atoms with Crippen molar-refractivity contribution in [3.63, 3.8) is 0 Å². The third-order valence-electron chi connectivity index (χ3n) is 2.28. The predicted octanol–water partition coefficient (Wildman–Crippen LogP) is 1.44. The van der Waals surface area contributed by atoms with E-state index in [0.717, 1.165) is 12.1 Å². The van der Waals surface area contributed by atoms with Gasteiger partial charge in [-0.15, -0.1) is 0 Å². The Balaban J connectivity index is 2.87. The lowest BCUT2D eigenvalue weighted by Gasteiger charge is -2.10. The molecule has 0 spiro atoms. The van der Waals surface area contributed by atoms with E-state index in [1.54, 1.807) is 13.8 Å². The summed E-state index contributed by atoms with van der Waals surface area (Å²) in [5.41, 5.74) is -0.773. The molecule has 2 N–H and O–H groups in total. The zero-order valence-corrected chi connectivity index (χ0v) is 11.0. The summed E-state index contributed by atoms with van der Waals surface area (Å²) in [4.78, 5) is 31.4. The molecule has 0 aliphatic heterocycles. The number of carbonyl (C=O) groups excluding carboxylic acids is 1. The van der Waals surface area contributed by atoms with Crippen LogP contribution >= 0.6 is 0 Å². The summed E-state index contributed by atoms with van der Waals surface area (Å²) >= 11 is 0. The molecule has 0 fully saturated rings. The van der Waals surface area contributed by atoms with Crippen molar-refractivity contribution in [1.29, 1.82) is 0 Å². The van der Waals surface area contributed by atoms with Gasteiger partial charge in [-0.25, -0.2) is 0 Å². The minimum absolute atomic E-state index is 0.0452. The Labute approximate surface area is 114 Å². The van der Waals surface area contributed by atoms with Crippen LogP contribution in [-0.4, -0.2) is 28.3 Å². The molecule has 0 saturated heterocycles. The standard InChI is InChI=1S/C11H14N4O5/c1-7(2)13-11(16)6-12-9-4-3-8(14(17)18)5-10(9)15(19)20/h3-5,7,12H,6H2,1-2H3,(H,13,16). The summed E-state index contributed by atoms with van der Waals surface area (Å²) in [6, 6.07) is 3.15. The van der Waals surface area contributed by atoms with Gasteiger partial charge in [-0.2, -0.15) is 0 Å². The van der Waals surface area contributed by atoms with Crippen LogP contribution in [0.1, 0.15) is 13.8 Å². The third-order valence-corrected chi connectivity index (χ3v) is 2.28. The van der Waals surface area contributed by atoms with Gasteiger partial charge in [0.25, 0.3) is 11.4 Å². The molecule has 9 heteroatoms. The number of nitro groups is 2. The fourth-order valence-corrected chi connectivity index (χ4v) is 1.48. The van der Waals surface area contributed by atoms with Gasteiger partial charge in [0.1, 0.15) is 5.69 Å². The van der Waals surface area contributed by atoms with E-state index in [1.807, 2.05) is 0 Å². The Morgan fingerprint density at radius 1 is 1.25 bits per heavy atom. The van der Waals surface area contributed by atoms with Crippen LogP contribution in [0.15, 0.2) is 18.2 Å². The summed E-state index contributed by atoms with van der Waals surface area (Å²) in [6.07, 6.45) is 0. The van der Waals surface area contributed by atoms with E-state index in [2.05, 4.69) is 10.6 Å². The van der Waals surface area contributed by atoms with Crippen molar-refractivity contribution >= 4 is 23.0 Å². The molecule has 0 aliphatic carbocycles. The van der Waals surface area contributed by atoms with Crippen molar-refractivity contribution in [2.45, 2.75) is 19.9 Å². The van der Waals surface area contributed by atoms with Gasteiger partial charge in [0.2, 0.25) is 5.91 Å². The van der Waals surface area contributed by atoms with Crippen LogP contribution in [0.3, 0.4) is 0 Å². The molecule has 1 aromatic carbocycles. The normalized spacial score (nSPS) is 10.2. The molecule has 0 radical (unpaired) electrons. The Morgan fingerprint density at radius 3 is 2.40 bits per heavy atom. The zero-order valence-electron chi connectivity index (χ0n) is 11.0. The van der Waals surface area contributed by atoms with Crippen LogP contribution in [0.25, 0.3) is 0 Å². The Morgan fingerprint density at radius 2 is 1.90 bits per heavy atom. The SMILES string of the molecule is CC(C)NC(=O)CNc1ccc([N+](=O)[O-])cc1[N+](=O)[O-]. The molecular formula is C11H14N4O5. The molecular weight excluding hydrogens is 268 g/mol. The number of nitrogens with zero attached hydrogens (tertiary/aromatic N) is 2. The topological polar surface area (TPSA) is 127 Å². The number of amides is 1. The second-order valence-electron chi connectivity index (χ2n) is 4.29. The van der Waals surface area contributed by atoms with E-state index in [-0.39, 0.29) is 29.9 Å². The Bertz CT molecular complexity index is 544. The smallest absolute Gasteiger partial charge is 0.299 e. The zero-order chi connectivity index (χ0) is 15.3. The molecule has 0 bridgehead atoms. The van der Waals surface area contributed by atoms with Gasteiger partial charge in [-0.3, -0.25) is 25.0 Å². The summed E-state index contributed by atoms with van der Waals surface area (Å²) in [5, 5.41) is 26.6. The first-order chi connectivity index (χ1) is 9.31. The highest BCUT2D eigenvalue weighted by Gasteiger charge is 2.19. The summed E-state index contributed by atoms with van der Waals surface area (Å²) in [5.74, 6) is -0.326. The molecule has 108 valence electrons. The molecule has 0 aromatic heterocycles. The largest absolute Gasteiger partial charge is 0.371 e. The number of nitro benzene ring substituents is 2. The van der Waals surface area contributed by atoms with E-state index in [9.17, 15) is 25.0 Å². The number of hydrogen-bond acceptors (Lipinski definition) is 6. The molecule has 20 heavy (non-hydrogen) atoms. The molecule has 1 amide bonds. The predicted molar refractivity (Wildman–Crippen MR) is 71.5 cm³/mol. The van der Waals surface area contributed by atoms with Gasteiger partial charge in [0.05, 0.1) is 22.5 Å². The Kier molecular flexibility index (Phi) is 4.95. The molecule has 0 atom stereocenters. The van der Waals surface area contributed by atoms with Crippen molar-refractivity contribution in [3.8, 4) is 0 Å². The van der Waals surface area contributed by atoms with E-state index in [4.69, 9.17) is 0 Å². The first kappa shape index (κ1) is 15.3. The quantitative estimate of drug-likeness (QED) is 0.600. The first-order valence-corrected chi connectivity index (χ1v) is 5.77. The fourth-order valence-electron chi connectivity index (χ4n) is 1.48. The van der Waals surface area contributed by atoms with Crippen molar-refractivity contribution < 1.29 is 14.6 Å². The average molecular weight is 282 g/mol. The molecule has 0 unspecified atom stereocenters. The van der Waals surface area contributed by atoms with Crippen LogP contribution in [-0.2, 0) is 4.79 Å². The van der Waals surface area contributed by atoms with Gasteiger partial charge < -0.3 is 10.6 Å². The van der Waals surface area contributed by atoms with Crippen LogP contribution in [0.4, 0.5) is 17.1 Å². The van der Waals surface area contributed by atoms with Crippen molar-refractivity contribution in [3.05, 3.63) is 38.4 Å². The van der Waals surface area contributed by atoms with Crippen LogP contribution in [0, 0.1) is 20.2 Å². The van der Waals surface area contributed by atoms with Gasteiger partial charge in [0, 0.05) is 12.1 Å². The van der Waals surface area contributed by atoms with E-state index < -0.39 is 15.5 Å². The number of anilines is 1. The molecule has 0 aliphatic rings. The molecule has 1 aromatic rings. The Hall–Kier alpha value is -2.71. The number of nitrogens with one attached hydrogen (secondary N) is 2. The van der Waals surface area contributed by atoms with E-state index >= 15 is 0 Å². The highest BCUT2D eigenvalue weighted by Crippen LogP contribution is 2.28. The lowest BCUT2D eigenvalue weighted by atomic mass is 10.2. The highest BCUT2D eigenvalue weighted by atomic mass is 16.6. The number of carbonyl (C=O) groups is 1. The minimum atomic E-state index is -0.740. The molecule has 0 heterocycles. The molecule has 9 nitrogen and oxygen atoms in total. The van der Waals surface area contributed by atoms with Crippen molar-refractivity contribution in [2.24, 2.45) is 0 Å². The maximum atomic E-state index is 11.4. The highest BCUT2D eigenvalue weighted by molar-refractivity contribution is 5.82. The second kappa shape index (κ2) is 6.45.